The Morgan fingerprint density at radius 1 is 0.786 bits per heavy atom. The van der Waals surface area contributed by atoms with Gasteiger partial charge in [0.1, 0.15) is 5.75 Å². The number of benzene rings is 1. The van der Waals surface area contributed by atoms with Crippen LogP contribution in [0.5, 0.6) is 5.75 Å². The molecule has 0 radical (unpaired) electrons. The van der Waals surface area contributed by atoms with Gasteiger partial charge in [-0.15, -0.1) is 0 Å². The van der Waals surface area contributed by atoms with Crippen LogP contribution in [0.4, 0.5) is 0 Å². The van der Waals surface area contributed by atoms with Crippen molar-refractivity contribution in [1.82, 2.24) is 9.80 Å². The van der Waals surface area contributed by atoms with E-state index >= 15 is 0 Å². The number of aryl methyl sites for hydroxylation is 1. The van der Waals surface area contributed by atoms with Crippen molar-refractivity contribution in [2.45, 2.75) is 77.0 Å². The normalized spacial score (nSPS) is 15.1. The molecule has 0 bridgehead atoms. The highest BCUT2D eigenvalue weighted by Crippen LogP contribution is 2.15. The van der Waals surface area contributed by atoms with Gasteiger partial charge in [0.05, 0.1) is 0 Å². The number of phenols is 1. The molecule has 1 heterocycles. The zero-order valence-electron chi connectivity index (χ0n) is 17.9. The number of carbonyl (C=O) groups excluding carboxylic acids is 1. The fourth-order valence-corrected chi connectivity index (χ4v) is 3.90. The minimum Gasteiger partial charge on any atom is -0.508 e. The van der Waals surface area contributed by atoms with Crippen LogP contribution in [0.1, 0.15) is 76.2 Å². The Morgan fingerprint density at radius 2 is 1.29 bits per heavy atom. The maximum Gasteiger partial charge on any atom is 0.222 e. The first-order valence-corrected chi connectivity index (χ1v) is 11.4. The first-order valence-electron chi connectivity index (χ1n) is 11.4. The van der Waals surface area contributed by atoms with E-state index in [1.807, 2.05) is 17.0 Å². The number of carbonyl (C=O) groups is 1. The van der Waals surface area contributed by atoms with Gasteiger partial charge in [0.25, 0.3) is 0 Å². The van der Waals surface area contributed by atoms with Gasteiger partial charge in [-0.05, 0) is 44.0 Å². The maximum absolute atomic E-state index is 12.2. The third-order valence-electron chi connectivity index (χ3n) is 5.90. The van der Waals surface area contributed by atoms with Crippen LogP contribution in [0, 0.1) is 0 Å². The zero-order valence-corrected chi connectivity index (χ0v) is 17.9. The first kappa shape index (κ1) is 22.7. The summed E-state index contributed by atoms with van der Waals surface area (Å²) < 4.78 is 0. The fraction of sp³-hybridized carbons (Fsp3) is 0.708. The molecule has 0 spiro atoms. The van der Waals surface area contributed by atoms with Crippen LogP contribution < -0.4 is 0 Å². The van der Waals surface area contributed by atoms with Gasteiger partial charge in [-0.2, -0.15) is 0 Å². The summed E-state index contributed by atoms with van der Waals surface area (Å²) in [7, 11) is 2.12. The Morgan fingerprint density at radius 3 is 1.86 bits per heavy atom. The average Bonchev–Trinajstić information content (AvgIpc) is 2.70. The summed E-state index contributed by atoms with van der Waals surface area (Å²) in [6, 6.07) is 7.59. The van der Waals surface area contributed by atoms with Crippen molar-refractivity contribution in [2.24, 2.45) is 0 Å². The number of likely N-dealkylation sites (N-methyl/N-ethyl adjacent to an activating group) is 1. The Hall–Kier alpha value is -1.55. The summed E-state index contributed by atoms with van der Waals surface area (Å²) in [6.07, 6.45) is 14.6. The molecule has 158 valence electrons. The molecular formula is C24H40N2O2. The van der Waals surface area contributed by atoms with E-state index in [4.69, 9.17) is 0 Å². The van der Waals surface area contributed by atoms with Gasteiger partial charge in [0, 0.05) is 32.6 Å². The summed E-state index contributed by atoms with van der Waals surface area (Å²) in [4.78, 5) is 16.5. The van der Waals surface area contributed by atoms with Crippen molar-refractivity contribution in [2.75, 3.05) is 33.2 Å². The van der Waals surface area contributed by atoms with Gasteiger partial charge in [0.2, 0.25) is 5.91 Å². The van der Waals surface area contributed by atoms with E-state index in [1.54, 1.807) is 12.1 Å². The molecule has 2 rings (SSSR count). The number of piperazine rings is 1. The van der Waals surface area contributed by atoms with Crippen molar-refractivity contribution >= 4 is 5.91 Å². The lowest BCUT2D eigenvalue weighted by molar-refractivity contribution is -0.132. The van der Waals surface area contributed by atoms with Crippen LogP contribution in [-0.4, -0.2) is 54.0 Å². The molecular weight excluding hydrogens is 348 g/mol. The van der Waals surface area contributed by atoms with Gasteiger partial charge >= 0.3 is 0 Å². The topological polar surface area (TPSA) is 43.8 Å². The fourth-order valence-electron chi connectivity index (χ4n) is 3.90. The van der Waals surface area contributed by atoms with Crippen LogP contribution in [0.25, 0.3) is 0 Å². The van der Waals surface area contributed by atoms with Gasteiger partial charge in [-0.1, -0.05) is 63.5 Å². The molecule has 28 heavy (non-hydrogen) atoms. The standard InChI is InChI=1S/C24H40N2O2/c1-25-18-20-26(21-19-25)24(28)13-11-9-7-5-3-2-4-6-8-10-12-22-14-16-23(27)17-15-22/h14-17,27H,2-13,18-21H2,1H3. The molecule has 1 fully saturated rings. The molecule has 4 heteroatoms. The molecule has 1 amide bonds. The summed E-state index contributed by atoms with van der Waals surface area (Å²) in [5.74, 6) is 0.714. The van der Waals surface area contributed by atoms with E-state index in [2.05, 4.69) is 11.9 Å². The van der Waals surface area contributed by atoms with Crippen molar-refractivity contribution in [3.63, 3.8) is 0 Å². The Kier molecular flexibility index (Phi) is 11.0. The molecule has 0 aromatic heterocycles. The highest BCUT2D eigenvalue weighted by molar-refractivity contribution is 5.76. The quantitative estimate of drug-likeness (QED) is 0.484. The molecule has 1 aromatic rings. The second-order valence-corrected chi connectivity index (χ2v) is 8.39. The lowest BCUT2D eigenvalue weighted by Gasteiger charge is -2.32. The molecule has 0 atom stereocenters. The second-order valence-electron chi connectivity index (χ2n) is 8.39. The number of hydrogen-bond acceptors (Lipinski definition) is 3. The number of nitrogens with zero attached hydrogens (tertiary/aromatic N) is 2. The van der Waals surface area contributed by atoms with Crippen molar-refractivity contribution in [3.8, 4) is 5.75 Å². The monoisotopic (exact) mass is 388 g/mol. The van der Waals surface area contributed by atoms with Crippen LogP contribution in [-0.2, 0) is 11.2 Å². The van der Waals surface area contributed by atoms with E-state index < -0.39 is 0 Å². The average molecular weight is 389 g/mol. The Bertz CT molecular complexity index is 536. The number of rotatable bonds is 13. The number of phenolic OH excluding ortho intramolecular Hbond substituents is 1. The lowest BCUT2D eigenvalue weighted by Crippen LogP contribution is -2.47. The van der Waals surface area contributed by atoms with Gasteiger partial charge in [0.15, 0.2) is 0 Å². The van der Waals surface area contributed by atoms with E-state index in [-0.39, 0.29) is 0 Å². The highest BCUT2D eigenvalue weighted by Gasteiger charge is 2.18. The number of amides is 1. The minimum absolute atomic E-state index is 0.352. The third kappa shape index (κ3) is 9.59. The lowest BCUT2D eigenvalue weighted by atomic mass is 10.0. The van der Waals surface area contributed by atoms with Gasteiger partial charge in [-0.25, -0.2) is 0 Å². The van der Waals surface area contributed by atoms with E-state index in [0.717, 1.165) is 45.4 Å². The van der Waals surface area contributed by atoms with Gasteiger partial charge < -0.3 is 14.9 Å². The van der Waals surface area contributed by atoms with Crippen LogP contribution in [0.15, 0.2) is 24.3 Å². The summed E-state index contributed by atoms with van der Waals surface area (Å²) >= 11 is 0. The number of unbranched alkanes of at least 4 members (excludes halogenated alkanes) is 9. The van der Waals surface area contributed by atoms with Crippen molar-refractivity contribution < 1.29 is 9.90 Å². The van der Waals surface area contributed by atoms with Crippen LogP contribution in [0.3, 0.4) is 0 Å². The minimum atomic E-state index is 0.352. The first-order chi connectivity index (χ1) is 13.6. The molecule has 1 N–H and O–H groups in total. The third-order valence-corrected chi connectivity index (χ3v) is 5.90. The summed E-state index contributed by atoms with van der Waals surface area (Å²) in [5, 5.41) is 9.28. The van der Waals surface area contributed by atoms with Crippen molar-refractivity contribution in [1.29, 1.82) is 0 Å². The molecule has 4 nitrogen and oxygen atoms in total. The molecule has 0 unspecified atom stereocenters. The second kappa shape index (κ2) is 13.6. The van der Waals surface area contributed by atoms with E-state index in [1.165, 1.54) is 63.4 Å². The maximum atomic E-state index is 12.2. The molecule has 1 aliphatic heterocycles. The van der Waals surface area contributed by atoms with Crippen molar-refractivity contribution in [3.05, 3.63) is 29.8 Å². The number of aromatic hydroxyl groups is 1. The summed E-state index contributed by atoms with van der Waals surface area (Å²) in [6.45, 7) is 3.85. The Balaban J connectivity index is 1.33. The smallest absolute Gasteiger partial charge is 0.222 e. The molecule has 1 saturated heterocycles. The predicted molar refractivity (Wildman–Crippen MR) is 117 cm³/mol. The molecule has 0 aliphatic carbocycles. The van der Waals surface area contributed by atoms with Crippen LogP contribution >= 0.6 is 0 Å². The Labute approximate surface area is 171 Å². The molecule has 0 saturated carbocycles. The van der Waals surface area contributed by atoms with E-state index in [9.17, 15) is 9.90 Å². The SMILES string of the molecule is CN1CCN(C(=O)CCCCCCCCCCCCc2ccc(O)cc2)CC1. The highest BCUT2D eigenvalue weighted by atomic mass is 16.3. The summed E-state index contributed by atoms with van der Waals surface area (Å²) in [5.41, 5.74) is 1.32. The molecule has 1 aromatic carbocycles. The van der Waals surface area contributed by atoms with E-state index in [0.29, 0.717) is 11.7 Å². The predicted octanol–water partition coefficient (Wildman–Crippen LogP) is 5.00. The van der Waals surface area contributed by atoms with Gasteiger partial charge in [-0.3, -0.25) is 4.79 Å². The zero-order chi connectivity index (χ0) is 20.0. The molecule has 1 aliphatic rings. The van der Waals surface area contributed by atoms with Crippen LogP contribution in [0.2, 0.25) is 0 Å². The largest absolute Gasteiger partial charge is 0.508 e. The number of hydrogen-bond donors (Lipinski definition) is 1.